The molecule has 0 saturated carbocycles. The van der Waals surface area contributed by atoms with Crippen molar-refractivity contribution in [2.24, 2.45) is 5.92 Å². The summed E-state index contributed by atoms with van der Waals surface area (Å²) >= 11 is 5.93. The van der Waals surface area contributed by atoms with Crippen LogP contribution in [0, 0.1) is 17.2 Å². The van der Waals surface area contributed by atoms with Gasteiger partial charge in [-0.1, -0.05) is 25.4 Å². The molecule has 1 aromatic carbocycles. The summed E-state index contributed by atoms with van der Waals surface area (Å²) in [5, 5.41) is 22.8. The lowest BCUT2D eigenvalue weighted by Gasteiger charge is -2.17. The molecule has 0 bridgehead atoms. The zero-order valence-electron chi connectivity index (χ0n) is 11.7. The number of hydrogen-bond donors (Lipinski definition) is 3. The van der Waals surface area contributed by atoms with E-state index in [-0.39, 0.29) is 10.9 Å². The molecule has 0 fully saturated rings. The van der Waals surface area contributed by atoms with Gasteiger partial charge in [0, 0.05) is 0 Å². The third kappa shape index (κ3) is 5.32. The third-order valence-corrected chi connectivity index (χ3v) is 2.97. The number of aliphatic carboxylic acids is 1. The highest BCUT2D eigenvalue weighted by atomic mass is 35.5. The average Bonchev–Trinajstić information content (AvgIpc) is 2.39. The molecule has 1 unspecified atom stereocenters. The Balaban J connectivity index is 2.72. The monoisotopic (exact) mass is 309 g/mol. The van der Waals surface area contributed by atoms with Crippen LogP contribution in [0.4, 0.5) is 10.5 Å². The fourth-order valence-corrected chi connectivity index (χ4v) is 1.92. The number of anilines is 1. The van der Waals surface area contributed by atoms with Gasteiger partial charge in [-0.25, -0.2) is 9.59 Å². The first-order valence-corrected chi connectivity index (χ1v) is 6.71. The second-order valence-electron chi connectivity index (χ2n) is 4.93. The van der Waals surface area contributed by atoms with Crippen LogP contribution >= 0.6 is 11.6 Å². The van der Waals surface area contributed by atoms with Gasteiger partial charge in [0.15, 0.2) is 0 Å². The van der Waals surface area contributed by atoms with Gasteiger partial charge in [0.1, 0.15) is 6.04 Å². The number of carbonyl (C=O) groups excluding carboxylic acids is 1. The molecule has 21 heavy (non-hydrogen) atoms. The molecule has 0 aromatic heterocycles. The zero-order valence-corrected chi connectivity index (χ0v) is 12.4. The molecule has 0 radical (unpaired) electrons. The maximum absolute atomic E-state index is 11.8. The maximum atomic E-state index is 11.8. The predicted molar refractivity (Wildman–Crippen MR) is 79.2 cm³/mol. The van der Waals surface area contributed by atoms with E-state index in [1.807, 2.05) is 19.9 Å². The molecule has 112 valence electrons. The second kappa shape index (κ2) is 7.50. The van der Waals surface area contributed by atoms with Gasteiger partial charge in [-0.3, -0.25) is 0 Å². The molecule has 1 aromatic rings. The Morgan fingerprint density at radius 1 is 1.43 bits per heavy atom. The van der Waals surface area contributed by atoms with E-state index in [0.29, 0.717) is 17.7 Å². The number of amides is 2. The van der Waals surface area contributed by atoms with Gasteiger partial charge in [0.05, 0.1) is 22.3 Å². The van der Waals surface area contributed by atoms with Crippen molar-refractivity contribution in [3.63, 3.8) is 0 Å². The molecular weight excluding hydrogens is 294 g/mol. The van der Waals surface area contributed by atoms with Crippen LogP contribution in [-0.4, -0.2) is 23.1 Å². The average molecular weight is 310 g/mol. The number of carbonyl (C=O) groups is 2. The first-order valence-electron chi connectivity index (χ1n) is 6.33. The van der Waals surface area contributed by atoms with Crippen LogP contribution in [0.25, 0.3) is 0 Å². The Labute approximate surface area is 127 Å². The van der Waals surface area contributed by atoms with Crippen molar-refractivity contribution in [2.75, 3.05) is 5.32 Å². The number of nitriles is 1. The van der Waals surface area contributed by atoms with Crippen LogP contribution in [0.1, 0.15) is 25.8 Å². The van der Waals surface area contributed by atoms with Crippen molar-refractivity contribution in [2.45, 2.75) is 26.3 Å². The standard InChI is InChI=1S/C14H16ClN3O3/c1-8(2)5-12(13(19)20)18-14(21)17-11-4-3-9(7-16)6-10(11)15/h3-4,6,8,12H,5H2,1-2H3,(H,19,20)(H2,17,18,21). The van der Waals surface area contributed by atoms with Crippen LogP contribution in [0.3, 0.4) is 0 Å². The van der Waals surface area contributed by atoms with E-state index >= 15 is 0 Å². The van der Waals surface area contributed by atoms with Crippen LogP contribution < -0.4 is 10.6 Å². The number of halogens is 1. The van der Waals surface area contributed by atoms with E-state index in [1.54, 1.807) is 0 Å². The number of benzene rings is 1. The summed E-state index contributed by atoms with van der Waals surface area (Å²) in [5.41, 5.74) is 0.677. The highest BCUT2D eigenvalue weighted by Gasteiger charge is 2.21. The highest BCUT2D eigenvalue weighted by Crippen LogP contribution is 2.22. The van der Waals surface area contributed by atoms with Gasteiger partial charge in [-0.2, -0.15) is 5.26 Å². The molecule has 0 spiro atoms. The van der Waals surface area contributed by atoms with Crippen LogP contribution in [-0.2, 0) is 4.79 Å². The number of rotatable bonds is 5. The lowest BCUT2D eigenvalue weighted by atomic mass is 10.0. The number of nitrogens with one attached hydrogen (secondary N) is 2. The second-order valence-corrected chi connectivity index (χ2v) is 5.33. The van der Waals surface area contributed by atoms with Crippen LogP contribution in [0.2, 0.25) is 5.02 Å². The quantitative estimate of drug-likeness (QED) is 0.778. The van der Waals surface area contributed by atoms with Crippen molar-refractivity contribution in [3.8, 4) is 6.07 Å². The van der Waals surface area contributed by atoms with Crippen molar-refractivity contribution < 1.29 is 14.7 Å². The Kier molecular flexibility index (Phi) is 6.00. The fourth-order valence-electron chi connectivity index (χ4n) is 1.70. The number of nitrogens with zero attached hydrogens (tertiary/aromatic N) is 1. The Morgan fingerprint density at radius 2 is 2.10 bits per heavy atom. The number of hydrogen-bond acceptors (Lipinski definition) is 3. The highest BCUT2D eigenvalue weighted by molar-refractivity contribution is 6.33. The molecule has 6 nitrogen and oxygen atoms in total. The van der Waals surface area contributed by atoms with Crippen molar-refractivity contribution in [3.05, 3.63) is 28.8 Å². The van der Waals surface area contributed by atoms with Gasteiger partial charge in [0.25, 0.3) is 0 Å². The van der Waals surface area contributed by atoms with Gasteiger partial charge >= 0.3 is 12.0 Å². The minimum atomic E-state index is -1.09. The molecule has 1 atom stereocenters. The molecule has 0 saturated heterocycles. The molecular formula is C14H16ClN3O3. The Hall–Kier alpha value is -2.26. The summed E-state index contributed by atoms with van der Waals surface area (Å²) in [6.07, 6.45) is 0.323. The SMILES string of the molecule is CC(C)CC(NC(=O)Nc1ccc(C#N)cc1Cl)C(=O)O. The summed E-state index contributed by atoms with van der Waals surface area (Å²) in [5.74, 6) is -0.963. The number of urea groups is 1. The summed E-state index contributed by atoms with van der Waals surface area (Å²) < 4.78 is 0. The van der Waals surface area contributed by atoms with Crippen molar-refractivity contribution in [1.82, 2.24) is 5.32 Å². The Bertz CT molecular complexity index is 581. The van der Waals surface area contributed by atoms with E-state index in [0.717, 1.165) is 0 Å². The fraction of sp³-hybridized carbons (Fsp3) is 0.357. The summed E-state index contributed by atoms with van der Waals surface area (Å²) in [4.78, 5) is 22.9. The van der Waals surface area contributed by atoms with E-state index < -0.39 is 18.0 Å². The lowest BCUT2D eigenvalue weighted by Crippen LogP contribution is -2.43. The maximum Gasteiger partial charge on any atom is 0.326 e. The third-order valence-electron chi connectivity index (χ3n) is 2.66. The Morgan fingerprint density at radius 3 is 2.57 bits per heavy atom. The number of carboxylic acid groups (broad SMARTS) is 1. The normalized spacial score (nSPS) is 11.6. The summed E-state index contributed by atoms with van der Waals surface area (Å²) in [6.45, 7) is 3.74. The van der Waals surface area contributed by atoms with E-state index in [4.69, 9.17) is 22.0 Å². The molecule has 3 N–H and O–H groups in total. The molecule has 0 aliphatic carbocycles. The first-order chi connectivity index (χ1) is 9.83. The van der Waals surface area contributed by atoms with Gasteiger partial charge < -0.3 is 15.7 Å². The first kappa shape index (κ1) is 16.8. The van der Waals surface area contributed by atoms with E-state index in [9.17, 15) is 9.59 Å². The molecule has 2 amide bonds. The summed E-state index contributed by atoms with van der Waals surface area (Å²) in [7, 11) is 0. The zero-order chi connectivity index (χ0) is 16.0. The van der Waals surface area contributed by atoms with Crippen molar-refractivity contribution >= 4 is 29.3 Å². The summed E-state index contributed by atoms with van der Waals surface area (Å²) in [6, 6.07) is 4.70. The minimum absolute atomic E-state index is 0.130. The van der Waals surface area contributed by atoms with Gasteiger partial charge in [0.2, 0.25) is 0 Å². The predicted octanol–water partition coefficient (Wildman–Crippen LogP) is 2.83. The van der Waals surface area contributed by atoms with Gasteiger partial charge in [-0.15, -0.1) is 0 Å². The molecule has 0 aliphatic heterocycles. The van der Waals surface area contributed by atoms with Gasteiger partial charge in [-0.05, 0) is 30.5 Å². The molecule has 7 heteroatoms. The van der Waals surface area contributed by atoms with E-state index in [2.05, 4.69) is 10.6 Å². The molecule has 0 aliphatic rings. The largest absolute Gasteiger partial charge is 0.480 e. The molecule has 0 heterocycles. The number of carboxylic acids is 1. The smallest absolute Gasteiger partial charge is 0.326 e. The minimum Gasteiger partial charge on any atom is -0.480 e. The van der Waals surface area contributed by atoms with Crippen LogP contribution in [0.15, 0.2) is 18.2 Å². The van der Waals surface area contributed by atoms with E-state index in [1.165, 1.54) is 18.2 Å². The lowest BCUT2D eigenvalue weighted by molar-refractivity contribution is -0.139. The van der Waals surface area contributed by atoms with Crippen molar-refractivity contribution in [1.29, 1.82) is 5.26 Å². The van der Waals surface area contributed by atoms with Crippen LogP contribution in [0.5, 0.6) is 0 Å². The molecule has 1 rings (SSSR count). The topological polar surface area (TPSA) is 102 Å².